The van der Waals surface area contributed by atoms with Gasteiger partial charge < -0.3 is 10.2 Å². The zero-order chi connectivity index (χ0) is 14.5. The fraction of sp³-hybridized carbons (Fsp3) is 0.133. The third kappa shape index (κ3) is 4.02. The van der Waals surface area contributed by atoms with E-state index in [2.05, 4.69) is 21.2 Å². The van der Waals surface area contributed by atoms with E-state index in [0.717, 1.165) is 15.7 Å². The highest BCUT2D eigenvalue weighted by Gasteiger charge is 2.07. The van der Waals surface area contributed by atoms with Gasteiger partial charge in [-0.25, -0.2) is 4.39 Å². The van der Waals surface area contributed by atoms with Crippen LogP contribution in [0.5, 0.6) is 0 Å². The molecule has 0 radical (unpaired) electrons. The first-order chi connectivity index (χ1) is 9.56. The lowest BCUT2D eigenvalue weighted by molar-refractivity contribution is 0.507. The maximum absolute atomic E-state index is 12.8. The molecule has 0 aliphatic heterocycles. The van der Waals surface area contributed by atoms with Crippen molar-refractivity contribution in [1.82, 2.24) is 4.90 Å². The summed E-state index contributed by atoms with van der Waals surface area (Å²) in [6, 6.07) is 14.1. The largest absolute Gasteiger partial charge is 0.348 e. The standard InChI is InChI=1S/C15H14BrFN2S/c1-19(10-11-4-2-3-5-14(11)16)15(20)18-13-8-6-12(17)7-9-13/h2-9H,10H2,1H3,(H,18,20). The number of nitrogens with zero attached hydrogens (tertiary/aromatic N) is 1. The third-order valence-electron chi connectivity index (χ3n) is 2.81. The summed E-state index contributed by atoms with van der Waals surface area (Å²) in [6.45, 7) is 0.689. The van der Waals surface area contributed by atoms with Crippen LogP contribution in [-0.2, 0) is 6.54 Å². The van der Waals surface area contributed by atoms with Crippen molar-refractivity contribution in [3.63, 3.8) is 0 Å². The van der Waals surface area contributed by atoms with E-state index in [4.69, 9.17) is 12.2 Å². The summed E-state index contributed by atoms with van der Waals surface area (Å²) in [4.78, 5) is 1.93. The lowest BCUT2D eigenvalue weighted by Crippen LogP contribution is -2.30. The quantitative estimate of drug-likeness (QED) is 0.823. The average molecular weight is 353 g/mol. The summed E-state index contributed by atoms with van der Waals surface area (Å²) >= 11 is 8.86. The van der Waals surface area contributed by atoms with Gasteiger partial charge in [0.1, 0.15) is 5.82 Å². The molecule has 2 nitrogen and oxygen atoms in total. The number of benzene rings is 2. The number of hydrogen-bond acceptors (Lipinski definition) is 1. The van der Waals surface area contributed by atoms with Crippen LogP contribution in [0.1, 0.15) is 5.56 Å². The third-order valence-corrected chi connectivity index (χ3v) is 3.99. The van der Waals surface area contributed by atoms with E-state index >= 15 is 0 Å². The van der Waals surface area contributed by atoms with Gasteiger partial charge in [-0.15, -0.1) is 0 Å². The van der Waals surface area contributed by atoms with Crippen LogP contribution in [0.25, 0.3) is 0 Å². The van der Waals surface area contributed by atoms with Crippen LogP contribution in [0.3, 0.4) is 0 Å². The SMILES string of the molecule is CN(Cc1ccccc1Br)C(=S)Nc1ccc(F)cc1. The minimum atomic E-state index is -0.261. The molecule has 2 aromatic rings. The van der Waals surface area contributed by atoms with Crippen LogP contribution in [0.2, 0.25) is 0 Å². The lowest BCUT2D eigenvalue weighted by Gasteiger charge is -2.21. The second-order valence-electron chi connectivity index (χ2n) is 4.38. The van der Waals surface area contributed by atoms with E-state index in [0.29, 0.717) is 11.7 Å². The maximum atomic E-state index is 12.8. The highest BCUT2D eigenvalue weighted by Crippen LogP contribution is 2.18. The molecule has 0 saturated heterocycles. The van der Waals surface area contributed by atoms with Gasteiger partial charge in [-0.1, -0.05) is 34.1 Å². The topological polar surface area (TPSA) is 15.3 Å². The first kappa shape index (κ1) is 14.9. The Hall–Kier alpha value is -1.46. The van der Waals surface area contributed by atoms with Crippen molar-refractivity contribution in [2.45, 2.75) is 6.54 Å². The van der Waals surface area contributed by atoms with Gasteiger partial charge in [0.25, 0.3) is 0 Å². The van der Waals surface area contributed by atoms with Crippen molar-refractivity contribution < 1.29 is 4.39 Å². The molecular weight excluding hydrogens is 339 g/mol. The molecule has 20 heavy (non-hydrogen) atoms. The fourth-order valence-electron chi connectivity index (χ4n) is 1.71. The highest BCUT2D eigenvalue weighted by molar-refractivity contribution is 9.10. The Morgan fingerprint density at radius 1 is 1.20 bits per heavy atom. The first-order valence-electron chi connectivity index (χ1n) is 6.07. The molecule has 1 N–H and O–H groups in total. The van der Waals surface area contributed by atoms with Gasteiger partial charge in [-0.2, -0.15) is 0 Å². The molecule has 0 atom stereocenters. The van der Waals surface area contributed by atoms with Crippen LogP contribution in [0.15, 0.2) is 53.0 Å². The van der Waals surface area contributed by atoms with Crippen molar-refractivity contribution in [3.05, 3.63) is 64.4 Å². The van der Waals surface area contributed by atoms with Crippen LogP contribution in [0.4, 0.5) is 10.1 Å². The monoisotopic (exact) mass is 352 g/mol. The van der Waals surface area contributed by atoms with Gasteiger partial charge >= 0.3 is 0 Å². The molecule has 0 unspecified atom stereocenters. The van der Waals surface area contributed by atoms with E-state index in [1.165, 1.54) is 12.1 Å². The van der Waals surface area contributed by atoms with Crippen LogP contribution >= 0.6 is 28.1 Å². The predicted octanol–water partition coefficient (Wildman–Crippen LogP) is 4.42. The Kier molecular flexibility index (Phi) is 5.09. The molecule has 0 saturated carbocycles. The van der Waals surface area contributed by atoms with Crippen LogP contribution in [0, 0.1) is 5.82 Å². The van der Waals surface area contributed by atoms with Gasteiger partial charge in [0, 0.05) is 23.8 Å². The summed E-state index contributed by atoms with van der Waals surface area (Å²) in [5, 5.41) is 3.67. The molecule has 0 aliphatic carbocycles. The molecule has 5 heteroatoms. The van der Waals surface area contributed by atoms with Gasteiger partial charge in [-0.05, 0) is 48.1 Å². The molecule has 0 aromatic heterocycles. The Labute approximate surface area is 131 Å². The van der Waals surface area contributed by atoms with Crippen molar-refractivity contribution in [1.29, 1.82) is 0 Å². The second-order valence-corrected chi connectivity index (χ2v) is 5.63. The summed E-state index contributed by atoms with van der Waals surface area (Å²) in [5.41, 5.74) is 1.92. The molecular formula is C15H14BrFN2S. The Balaban J connectivity index is 1.99. The Morgan fingerprint density at radius 2 is 1.85 bits per heavy atom. The molecule has 0 bridgehead atoms. The van der Waals surface area contributed by atoms with Gasteiger partial charge in [0.15, 0.2) is 5.11 Å². The van der Waals surface area contributed by atoms with Gasteiger partial charge in [-0.3, -0.25) is 0 Å². The number of hydrogen-bond donors (Lipinski definition) is 1. The molecule has 104 valence electrons. The van der Waals surface area contributed by atoms with Crippen molar-refractivity contribution in [2.75, 3.05) is 12.4 Å². The minimum Gasteiger partial charge on any atom is -0.348 e. The summed E-state index contributed by atoms with van der Waals surface area (Å²) < 4.78 is 13.9. The Morgan fingerprint density at radius 3 is 2.50 bits per heavy atom. The smallest absolute Gasteiger partial charge is 0.173 e. The van der Waals surface area contributed by atoms with E-state index in [-0.39, 0.29) is 5.82 Å². The molecule has 0 heterocycles. The van der Waals surface area contributed by atoms with E-state index in [1.807, 2.05) is 36.2 Å². The van der Waals surface area contributed by atoms with Crippen molar-refractivity contribution in [2.24, 2.45) is 0 Å². The van der Waals surface area contributed by atoms with E-state index < -0.39 is 0 Å². The fourth-order valence-corrected chi connectivity index (χ4v) is 2.30. The summed E-state index contributed by atoms with van der Waals surface area (Å²) in [6.07, 6.45) is 0. The maximum Gasteiger partial charge on any atom is 0.173 e. The summed E-state index contributed by atoms with van der Waals surface area (Å²) in [7, 11) is 1.91. The van der Waals surface area contributed by atoms with E-state index in [1.54, 1.807) is 12.1 Å². The number of anilines is 1. The molecule has 2 rings (SSSR count). The zero-order valence-corrected chi connectivity index (χ0v) is 13.3. The number of thiocarbonyl (C=S) groups is 1. The van der Waals surface area contributed by atoms with Crippen LogP contribution < -0.4 is 5.32 Å². The Bertz CT molecular complexity index is 601. The molecule has 0 fully saturated rings. The van der Waals surface area contributed by atoms with Crippen molar-refractivity contribution in [3.8, 4) is 0 Å². The minimum absolute atomic E-state index is 0.261. The van der Waals surface area contributed by atoms with Gasteiger partial charge in [0.05, 0.1) is 0 Å². The van der Waals surface area contributed by atoms with Crippen molar-refractivity contribution >= 4 is 38.9 Å². The zero-order valence-electron chi connectivity index (χ0n) is 10.9. The molecule has 2 aromatic carbocycles. The second kappa shape index (κ2) is 6.81. The van der Waals surface area contributed by atoms with Gasteiger partial charge in [0.2, 0.25) is 0 Å². The predicted molar refractivity (Wildman–Crippen MR) is 88.2 cm³/mol. The first-order valence-corrected chi connectivity index (χ1v) is 7.27. The molecule has 0 amide bonds. The normalized spacial score (nSPS) is 10.2. The van der Waals surface area contributed by atoms with E-state index in [9.17, 15) is 4.39 Å². The number of halogens is 2. The molecule has 0 aliphatic rings. The van der Waals surface area contributed by atoms with Crippen LogP contribution in [-0.4, -0.2) is 17.1 Å². The summed E-state index contributed by atoms with van der Waals surface area (Å²) in [5.74, 6) is -0.261. The number of rotatable bonds is 3. The molecule has 0 spiro atoms. The lowest BCUT2D eigenvalue weighted by atomic mass is 10.2. The average Bonchev–Trinajstić information content (AvgIpc) is 2.44. The highest BCUT2D eigenvalue weighted by atomic mass is 79.9. The number of nitrogens with one attached hydrogen (secondary N) is 1.